The molecule has 33 heavy (non-hydrogen) atoms. The quantitative estimate of drug-likeness (QED) is 0.314. The maximum atomic E-state index is 12.7. The van der Waals surface area contributed by atoms with Gasteiger partial charge >= 0.3 is 0 Å². The average Bonchev–Trinajstić information content (AvgIpc) is 3.35. The summed E-state index contributed by atoms with van der Waals surface area (Å²) >= 11 is 7.90. The molecule has 1 amide bonds. The first-order valence-electron chi connectivity index (χ1n) is 11.0. The van der Waals surface area contributed by atoms with Gasteiger partial charge in [-0.2, -0.15) is 0 Å². The highest BCUT2D eigenvalue weighted by atomic mass is 35.5. The highest BCUT2D eigenvalue weighted by molar-refractivity contribution is 8.05. The number of anilines is 1. The Kier molecular flexibility index (Phi) is 6.16. The van der Waals surface area contributed by atoms with E-state index in [1.54, 1.807) is 0 Å². The van der Waals surface area contributed by atoms with Gasteiger partial charge in [-0.1, -0.05) is 78.8 Å². The molecule has 6 heteroatoms. The normalized spacial score (nSPS) is 17.0. The van der Waals surface area contributed by atoms with Gasteiger partial charge in [-0.05, 0) is 47.9 Å². The standard InChI is InChI=1S/C27H24ClN3OS/c1-2-18-11-13-21(14-12-18)29-27-30-26(32)25(33-27)15-20-17-31(24-10-6-4-8-22(20)24)16-19-7-3-5-9-23(19)28/h3-15,17,27,29H,2,16H2,1H3,(H,30,32)/b25-15-/t27-/m1/s1. The molecule has 2 heterocycles. The molecular weight excluding hydrogens is 450 g/mol. The van der Waals surface area contributed by atoms with E-state index in [1.807, 2.05) is 42.5 Å². The van der Waals surface area contributed by atoms with E-state index in [9.17, 15) is 4.79 Å². The molecule has 0 saturated carbocycles. The lowest BCUT2D eigenvalue weighted by Gasteiger charge is -2.12. The van der Waals surface area contributed by atoms with Gasteiger partial charge in [0.1, 0.15) is 0 Å². The van der Waals surface area contributed by atoms with Crippen LogP contribution < -0.4 is 10.6 Å². The molecule has 4 nitrogen and oxygen atoms in total. The van der Waals surface area contributed by atoms with Gasteiger partial charge in [-0.3, -0.25) is 4.79 Å². The van der Waals surface area contributed by atoms with Crippen LogP contribution >= 0.6 is 23.4 Å². The third-order valence-electron chi connectivity index (χ3n) is 5.80. The number of nitrogens with one attached hydrogen (secondary N) is 2. The minimum Gasteiger partial charge on any atom is -0.357 e. The molecule has 5 rings (SSSR count). The second kappa shape index (κ2) is 9.38. The zero-order valence-electron chi connectivity index (χ0n) is 18.2. The van der Waals surface area contributed by atoms with Crippen LogP contribution in [-0.2, 0) is 17.8 Å². The van der Waals surface area contributed by atoms with Gasteiger partial charge in [-0.15, -0.1) is 0 Å². The summed E-state index contributed by atoms with van der Waals surface area (Å²) in [5.41, 5.74) is 5.26. The van der Waals surface area contributed by atoms with E-state index in [0.717, 1.165) is 39.2 Å². The number of benzene rings is 3. The molecule has 0 radical (unpaired) electrons. The molecule has 1 aliphatic rings. The monoisotopic (exact) mass is 473 g/mol. The van der Waals surface area contributed by atoms with Crippen LogP contribution in [0.3, 0.4) is 0 Å². The summed E-state index contributed by atoms with van der Waals surface area (Å²) in [6.07, 6.45) is 5.08. The zero-order valence-corrected chi connectivity index (χ0v) is 19.8. The van der Waals surface area contributed by atoms with Gasteiger partial charge < -0.3 is 15.2 Å². The van der Waals surface area contributed by atoms with Crippen molar-refractivity contribution in [3.8, 4) is 0 Å². The van der Waals surface area contributed by atoms with E-state index in [4.69, 9.17) is 11.6 Å². The summed E-state index contributed by atoms with van der Waals surface area (Å²) in [5, 5.41) is 8.27. The van der Waals surface area contributed by atoms with Gasteiger partial charge in [0.15, 0.2) is 5.50 Å². The first-order chi connectivity index (χ1) is 16.1. The van der Waals surface area contributed by atoms with Crippen molar-refractivity contribution in [1.29, 1.82) is 0 Å². The second-order valence-electron chi connectivity index (χ2n) is 8.00. The number of carbonyl (C=O) groups is 1. The second-order valence-corrected chi connectivity index (χ2v) is 9.55. The summed E-state index contributed by atoms with van der Waals surface area (Å²) in [7, 11) is 0. The van der Waals surface area contributed by atoms with Gasteiger partial charge in [0.2, 0.25) is 0 Å². The lowest BCUT2D eigenvalue weighted by molar-refractivity contribution is -0.116. The lowest BCUT2D eigenvalue weighted by Crippen LogP contribution is -2.30. The summed E-state index contributed by atoms with van der Waals surface area (Å²) in [4.78, 5) is 13.4. The van der Waals surface area contributed by atoms with Crippen LogP contribution in [0.25, 0.3) is 17.0 Å². The van der Waals surface area contributed by atoms with Crippen LogP contribution in [0.2, 0.25) is 5.02 Å². The Morgan fingerprint density at radius 2 is 1.82 bits per heavy atom. The topological polar surface area (TPSA) is 46.1 Å². The first-order valence-corrected chi connectivity index (χ1v) is 12.2. The molecule has 1 fully saturated rings. The average molecular weight is 474 g/mol. The molecule has 0 aliphatic carbocycles. The van der Waals surface area contributed by atoms with Crippen LogP contribution in [0.15, 0.2) is 83.9 Å². The summed E-state index contributed by atoms with van der Waals surface area (Å²) in [5.74, 6) is -0.0642. The van der Waals surface area contributed by atoms with E-state index < -0.39 is 0 Å². The molecule has 1 aromatic heterocycles. The molecule has 4 aromatic rings. The van der Waals surface area contributed by atoms with Crippen molar-refractivity contribution in [1.82, 2.24) is 9.88 Å². The molecule has 0 spiro atoms. The molecule has 0 bridgehead atoms. The minimum atomic E-state index is -0.201. The SMILES string of the molecule is CCc1ccc(N[C@@H]2NC(=O)/C(=C/c3cn(Cc4ccccc4Cl)c4ccccc34)S2)cc1. The Bertz CT molecular complexity index is 1340. The van der Waals surface area contributed by atoms with Crippen molar-refractivity contribution in [2.45, 2.75) is 25.4 Å². The number of nitrogens with zero attached hydrogens (tertiary/aromatic N) is 1. The van der Waals surface area contributed by atoms with E-state index in [1.165, 1.54) is 17.3 Å². The molecule has 1 aliphatic heterocycles. The van der Waals surface area contributed by atoms with E-state index in [-0.39, 0.29) is 11.4 Å². The van der Waals surface area contributed by atoms with E-state index in [0.29, 0.717) is 11.4 Å². The Morgan fingerprint density at radius 1 is 1.06 bits per heavy atom. The smallest absolute Gasteiger partial charge is 0.260 e. The number of hydrogen-bond donors (Lipinski definition) is 2. The molecule has 1 atom stereocenters. The maximum Gasteiger partial charge on any atom is 0.260 e. The van der Waals surface area contributed by atoms with Crippen molar-refractivity contribution < 1.29 is 4.79 Å². The molecule has 0 unspecified atom stereocenters. The highest BCUT2D eigenvalue weighted by Gasteiger charge is 2.27. The van der Waals surface area contributed by atoms with Crippen molar-refractivity contribution in [2.24, 2.45) is 0 Å². The largest absolute Gasteiger partial charge is 0.357 e. The van der Waals surface area contributed by atoms with Crippen LogP contribution in [0.5, 0.6) is 0 Å². The van der Waals surface area contributed by atoms with Crippen LogP contribution in [0, 0.1) is 0 Å². The van der Waals surface area contributed by atoms with Crippen molar-refractivity contribution in [2.75, 3.05) is 5.32 Å². The van der Waals surface area contributed by atoms with Crippen molar-refractivity contribution in [3.05, 3.63) is 106 Å². The first kappa shape index (κ1) is 21.7. The number of para-hydroxylation sites is 1. The summed E-state index contributed by atoms with van der Waals surface area (Å²) < 4.78 is 2.19. The highest BCUT2D eigenvalue weighted by Crippen LogP contribution is 2.33. The minimum absolute atomic E-state index is 0.0642. The Hall–Kier alpha value is -3.15. The van der Waals surface area contributed by atoms with Gasteiger partial charge in [0, 0.05) is 39.9 Å². The molecular formula is C27H24ClN3OS. The number of halogens is 1. The number of fused-ring (bicyclic) bond motifs is 1. The molecule has 166 valence electrons. The van der Waals surface area contributed by atoms with Gasteiger partial charge in [0.05, 0.1) is 4.91 Å². The Balaban J connectivity index is 1.40. The van der Waals surface area contributed by atoms with Crippen LogP contribution in [0.4, 0.5) is 5.69 Å². The zero-order chi connectivity index (χ0) is 22.8. The fourth-order valence-corrected chi connectivity index (χ4v) is 5.20. The predicted octanol–water partition coefficient (Wildman–Crippen LogP) is 6.51. The molecule has 1 saturated heterocycles. The van der Waals surface area contributed by atoms with Crippen molar-refractivity contribution in [3.63, 3.8) is 0 Å². The number of thioether (sulfide) groups is 1. The summed E-state index contributed by atoms with van der Waals surface area (Å²) in [6, 6.07) is 24.4. The Morgan fingerprint density at radius 3 is 2.61 bits per heavy atom. The lowest BCUT2D eigenvalue weighted by atomic mass is 10.1. The van der Waals surface area contributed by atoms with Crippen molar-refractivity contribution >= 4 is 51.9 Å². The fraction of sp³-hybridized carbons (Fsp3) is 0.148. The fourth-order valence-electron chi connectivity index (χ4n) is 4.03. The number of amides is 1. The number of hydrogen-bond acceptors (Lipinski definition) is 3. The third kappa shape index (κ3) is 4.65. The maximum absolute atomic E-state index is 12.7. The van der Waals surface area contributed by atoms with Crippen LogP contribution in [0.1, 0.15) is 23.6 Å². The third-order valence-corrected chi connectivity index (χ3v) is 7.19. The predicted molar refractivity (Wildman–Crippen MR) is 139 cm³/mol. The number of aromatic nitrogens is 1. The summed E-state index contributed by atoms with van der Waals surface area (Å²) in [6.45, 7) is 2.80. The number of carbonyl (C=O) groups excluding carboxylic acids is 1. The van der Waals surface area contributed by atoms with Gasteiger partial charge in [-0.25, -0.2) is 0 Å². The molecule has 3 aromatic carbocycles. The molecule has 2 N–H and O–H groups in total. The van der Waals surface area contributed by atoms with E-state index >= 15 is 0 Å². The van der Waals surface area contributed by atoms with Gasteiger partial charge in [0.25, 0.3) is 5.91 Å². The van der Waals surface area contributed by atoms with Crippen LogP contribution in [-0.4, -0.2) is 16.0 Å². The van der Waals surface area contributed by atoms with E-state index in [2.05, 4.69) is 64.7 Å². The number of rotatable bonds is 6. The number of aryl methyl sites for hydroxylation is 1. The Labute approximate surface area is 202 Å².